The summed E-state index contributed by atoms with van der Waals surface area (Å²) in [6.45, 7) is 5.32. The second-order valence-electron chi connectivity index (χ2n) is 9.65. The van der Waals surface area contributed by atoms with Gasteiger partial charge in [-0.05, 0) is 49.7 Å². The molecule has 1 amide bonds. The molecule has 1 aromatic carbocycles. The molecule has 3 rings (SSSR count). The summed E-state index contributed by atoms with van der Waals surface area (Å²) in [5, 5.41) is 25.0. The molecule has 2 heterocycles. The summed E-state index contributed by atoms with van der Waals surface area (Å²) in [5.74, 6) is -1.41. The van der Waals surface area contributed by atoms with E-state index in [1.807, 2.05) is 19.1 Å². The Morgan fingerprint density at radius 2 is 1.95 bits per heavy atom. The quantitative estimate of drug-likeness (QED) is 0.292. The van der Waals surface area contributed by atoms with Gasteiger partial charge in [0.15, 0.2) is 6.61 Å². The first-order valence-corrected chi connectivity index (χ1v) is 13.4. The van der Waals surface area contributed by atoms with E-state index in [0.717, 1.165) is 38.2 Å². The van der Waals surface area contributed by atoms with Crippen LogP contribution in [0.1, 0.15) is 74.7 Å². The van der Waals surface area contributed by atoms with E-state index >= 15 is 0 Å². The molecule has 2 unspecified atom stereocenters. The number of fused-ring (bicyclic) bond motifs is 1. The van der Waals surface area contributed by atoms with E-state index in [-0.39, 0.29) is 52.9 Å². The number of halogens is 1. The number of allylic oxidation sites excluding steroid dienone is 3. The molecule has 0 aliphatic carbocycles. The van der Waals surface area contributed by atoms with Crippen molar-refractivity contribution >= 4 is 29.2 Å². The number of cyclic esters (lactones) is 1. The van der Waals surface area contributed by atoms with Crippen molar-refractivity contribution in [3.63, 3.8) is 0 Å². The van der Waals surface area contributed by atoms with Crippen LogP contribution in [0.5, 0.6) is 11.5 Å². The predicted octanol–water partition coefficient (Wildman–Crippen LogP) is 5.55. The molecule has 202 valence electrons. The van der Waals surface area contributed by atoms with Crippen molar-refractivity contribution in [2.75, 3.05) is 19.7 Å². The Bertz CT molecular complexity index is 1050. The van der Waals surface area contributed by atoms with Crippen molar-refractivity contribution in [3.8, 4) is 11.5 Å². The molecule has 9 heteroatoms. The summed E-state index contributed by atoms with van der Waals surface area (Å²) in [6, 6.07) is 1.03. The largest absolute Gasteiger partial charge is 0.507 e. The molecule has 1 aromatic rings. The van der Waals surface area contributed by atoms with Crippen LogP contribution in [0.3, 0.4) is 0 Å². The normalized spacial score (nSPS) is 22.3. The zero-order chi connectivity index (χ0) is 26.8. The molecule has 8 nitrogen and oxygen atoms in total. The number of likely N-dealkylation sites (tertiary alicyclic amines) is 1. The van der Waals surface area contributed by atoms with Gasteiger partial charge in [-0.3, -0.25) is 4.79 Å². The van der Waals surface area contributed by atoms with Gasteiger partial charge in [0.1, 0.15) is 23.2 Å². The number of hydrogen-bond donors (Lipinski definition) is 2. The molecular formula is C28H37ClN2O6. The Balaban J connectivity index is 1.93. The van der Waals surface area contributed by atoms with Gasteiger partial charge in [-0.1, -0.05) is 55.3 Å². The second kappa shape index (κ2) is 14.1. The minimum atomic E-state index is -0.726. The van der Waals surface area contributed by atoms with E-state index in [0.29, 0.717) is 31.6 Å². The van der Waals surface area contributed by atoms with Crippen molar-refractivity contribution in [3.05, 3.63) is 46.5 Å². The number of esters is 1. The van der Waals surface area contributed by atoms with E-state index in [4.69, 9.17) is 21.2 Å². The number of phenolic OH excluding ortho intramolecular Hbond substituents is 2. The van der Waals surface area contributed by atoms with Crippen LogP contribution in [-0.2, 0) is 20.8 Å². The highest BCUT2D eigenvalue weighted by Crippen LogP contribution is 2.37. The number of piperidine rings is 1. The van der Waals surface area contributed by atoms with Gasteiger partial charge >= 0.3 is 5.97 Å². The molecule has 2 aliphatic heterocycles. The summed E-state index contributed by atoms with van der Waals surface area (Å²) >= 11 is 6.41. The molecule has 2 aliphatic rings. The molecule has 1 fully saturated rings. The predicted molar refractivity (Wildman–Crippen MR) is 143 cm³/mol. The van der Waals surface area contributed by atoms with Crippen LogP contribution >= 0.6 is 11.6 Å². The van der Waals surface area contributed by atoms with Crippen molar-refractivity contribution in [2.45, 2.75) is 71.3 Å². The Hall–Kier alpha value is -3.00. The fourth-order valence-corrected chi connectivity index (χ4v) is 4.72. The van der Waals surface area contributed by atoms with Crippen molar-refractivity contribution in [2.24, 2.45) is 11.1 Å². The number of aromatic hydroxyl groups is 2. The Morgan fingerprint density at radius 3 is 2.68 bits per heavy atom. The minimum absolute atomic E-state index is 0.0255. The summed E-state index contributed by atoms with van der Waals surface area (Å²) < 4.78 is 5.76. The summed E-state index contributed by atoms with van der Waals surface area (Å²) in [7, 11) is 0. The van der Waals surface area contributed by atoms with Gasteiger partial charge < -0.3 is 24.7 Å². The van der Waals surface area contributed by atoms with Crippen LogP contribution in [0.2, 0.25) is 5.02 Å². The molecule has 0 bridgehead atoms. The van der Waals surface area contributed by atoms with Crippen LogP contribution in [-0.4, -0.2) is 58.5 Å². The summed E-state index contributed by atoms with van der Waals surface area (Å²) in [6.07, 6.45) is 13.2. The number of ether oxygens (including phenoxy) is 1. The van der Waals surface area contributed by atoms with Crippen LogP contribution in [0.25, 0.3) is 0 Å². The van der Waals surface area contributed by atoms with Gasteiger partial charge in [0.05, 0.1) is 10.7 Å². The molecule has 0 saturated carbocycles. The molecule has 0 radical (unpaired) electrons. The highest BCUT2D eigenvalue weighted by Gasteiger charge is 2.26. The van der Waals surface area contributed by atoms with Gasteiger partial charge in [-0.25, -0.2) is 4.79 Å². The van der Waals surface area contributed by atoms with Crippen LogP contribution in [0, 0.1) is 5.92 Å². The number of amides is 1. The lowest BCUT2D eigenvalue weighted by Gasteiger charge is -2.26. The zero-order valence-electron chi connectivity index (χ0n) is 21.6. The van der Waals surface area contributed by atoms with Crippen LogP contribution < -0.4 is 0 Å². The average Bonchev–Trinajstić information content (AvgIpc) is 2.87. The maximum atomic E-state index is 13.2. The van der Waals surface area contributed by atoms with Gasteiger partial charge in [0, 0.05) is 32.0 Å². The van der Waals surface area contributed by atoms with Crippen LogP contribution in [0.4, 0.5) is 0 Å². The van der Waals surface area contributed by atoms with Gasteiger partial charge in [0.2, 0.25) is 0 Å². The molecule has 2 atom stereocenters. The smallest absolute Gasteiger partial charge is 0.342 e. The number of rotatable bonds is 5. The fraction of sp³-hybridized carbons (Fsp3) is 0.536. The monoisotopic (exact) mass is 532 g/mol. The lowest BCUT2D eigenvalue weighted by molar-refractivity contribution is -0.137. The Labute approximate surface area is 223 Å². The number of benzene rings is 1. The van der Waals surface area contributed by atoms with E-state index < -0.39 is 11.7 Å². The lowest BCUT2D eigenvalue weighted by Crippen LogP contribution is -2.37. The molecule has 0 aromatic heterocycles. The summed E-state index contributed by atoms with van der Waals surface area (Å²) in [5.41, 5.74) is 0.434. The number of nitrogens with zero attached hydrogens (tertiary/aromatic N) is 2. The standard InChI is InChI=1S/C28H37ClN2O6/c1-3-9-21-13-8-11-19(2)10-7-12-20(30-36-18-25(34)31-14-5-4-6-15-31)16-22-26(28(35)37-21)23(32)17-24(33)27(22)29/h7-8,11-12,17,19,21,32-33H,3-6,9-10,13-16,18H2,1-2H3. The van der Waals surface area contributed by atoms with Gasteiger partial charge in [0.25, 0.3) is 5.91 Å². The summed E-state index contributed by atoms with van der Waals surface area (Å²) in [4.78, 5) is 32.9. The average molecular weight is 533 g/mol. The van der Waals surface area contributed by atoms with E-state index in [2.05, 4.69) is 18.2 Å². The Morgan fingerprint density at radius 1 is 1.19 bits per heavy atom. The second-order valence-corrected chi connectivity index (χ2v) is 10.0. The topological polar surface area (TPSA) is 109 Å². The number of oxime groups is 1. The maximum Gasteiger partial charge on any atom is 0.342 e. The van der Waals surface area contributed by atoms with E-state index in [1.165, 1.54) is 0 Å². The van der Waals surface area contributed by atoms with Crippen molar-refractivity contribution in [1.29, 1.82) is 0 Å². The van der Waals surface area contributed by atoms with Crippen LogP contribution in [0.15, 0.2) is 35.5 Å². The lowest BCUT2D eigenvalue weighted by atomic mass is 9.98. The van der Waals surface area contributed by atoms with Crippen molar-refractivity contribution in [1.82, 2.24) is 4.90 Å². The Kier molecular flexibility index (Phi) is 10.9. The van der Waals surface area contributed by atoms with E-state index in [1.54, 1.807) is 11.0 Å². The minimum Gasteiger partial charge on any atom is -0.507 e. The molecule has 0 spiro atoms. The van der Waals surface area contributed by atoms with Crippen molar-refractivity contribution < 1.29 is 29.4 Å². The molecule has 1 saturated heterocycles. The number of carbonyl (C=O) groups excluding carboxylic acids is 2. The maximum absolute atomic E-state index is 13.2. The molecule has 2 N–H and O–H groups in total. The van der Waals surface area contributed by atoms with Gasteiger partial charge in [-0.2, -0.15) is 0 Å². The number of phenols is 2. The van der Waals surface area contributed by atoms with E-state index in [9.17, 15) is 19.8 Å². The zero-order valence-corrected chi connectivity index (χ0v) is 22.4. The first kappa shape index (κ1) is 28.6. The third-order valence-electron chi connectivity index (χ3n) is 6.53. The number of carbonyl (C=O) groups is 2. The third kappa shape index (κ3) is 8.25. The molecule has 37 heavy (non-hydrogen) atoms. The van der Waals surface area contributed by atoms with Gasteiger partial charge in [-0.15, -0.1) is 0 Å². The number of hydrogen-bond acceptors (Lipinski definition) is 7. The molecular weight excluding hydrogens is 496 g/mol. The third-order valence-corrected chi connectivity index (χ3v) is 6.95. The first-order chi connectivity index (χ1) is 17.8. The highest BCUT2D eigenvalue weighted by atomic mass is 35.5. The highest BCUT2D eigenvalue weighted by molar-refractivity contribution is 6.33. The fourth-order valence-electron chi connectivity index (χ4n) is 4.50. The SMILES string of the molecule is CCCC1CC=CC(C)CC=CC(=NOCC(=O)N2CCCCC2)Cc2c(Cl)c(O)cc(O)c2C(=O)O1. The first-order valence-electron chi connectivity index (χ1n) is 13.0.